The van der Waals surface area contributed by atoms with Gasteiger partial charge in [0.1, 0.15) is 5.75 Å². The molecule has 0 bridgehead atoms. The second kappa shape index (κ2) is 34.8. The molecule has 8 rings (SSSR count). The van der Waals surface area contributed by atoms with Gasteiger partial charge < -0.3 is 10.1 Å². The van der Waals surface area contributed by atoms with Gasteiger partial charge in [-0.1, -0.05) is 245 Å². The lowest BCUT2D eigenvalue weighted by atomic mass is 9.88. The second-order valence-electron chi connectivity index (χ2n) is 16.5. The number of hydrogen-bond donors (Lipinski definition) is 1. The molecule has 0 amide bonds. The maximum absolute atomic E-state index is 5.43. The minimum atomic E-state index is 0. The second-order valence-corrected chi connectivity index (χ2v) is 20.9. The van der Waals surface area contributed by atoms with Crippen molar-refractivity contribution in [2.45, 2.75) is 38.3 Å². The zero-order valence-electron chi connectivity index (χ0n) is 41.6. The number of rotatable bonds is 18. The Balaban J connectivity index is 0.000000310. The summed E-state index contributed by atoms with van der Waals surface area (Å²) >= 11 is 0. The van der Waals surface area contributed by atoms with Crippen LogP contribution in [0.5, 0.6) is 5.75 Å². The summed E-state index contributed by atoms with van der Waals surface area (Å²) in [5.41, 5.74) is 12.8. The Morgan fingerprint density at radius 2 is 0.789 bits per heavy atom. The Kier molecular flexibility index (Phi) is 29.0. The Bertz CT molecular complexity index is 2430. The molecule has 0 aliphatic heterocycles. The van der Waals surface area contributed by atoms with Gasteiger partial charge in [-0.3, -0.25) is 4.90 Å². The standard InChI is InChI=1S/C39H37NO.C23H25N.H5P3.H4P2.H3P/c1-31(32-23-25-37(41-2)26-24-32)40(29-27-38(33-15-7-3-8-16-33)34-17-9-4-10-18-34)30-28-39(35-19-11-5-12-20-35)36-21-13-6-14-22-36;1-19(20-11-5-2-6-12-20)24-18-17-23(21-13-7-3-8-14-21)22-15-9-4-10-16-22;1-3-2;1-2;/h3-28,31H,29-30H2,1-2H3;2-16,19,23-24H,17-18H2,1H3;3H,1-2H2;1-2H2;1H3/t31-;;;;/m1..../s1. The molecular formula is C62H74N2OP6. The van der Waals surface area contributed by atoms with Gasteiger partial charge >= 0.3 is 0 Å². The summed E-state index contributed by atoms with van der Waals surface area (Å²) in [6.07, 6.45) is 5.84. The van der Waals surface area contributed by atoms with E-state index in [0.717, 1.165) is 39.8 Å². The normalized spacial score (nSPS) is 11.1. The molecule has 368 valence electrons. The Hall–Kier alpha value is -4.46. The predicted octanol–water partition coefficient (Wildman–Crippen LogP) is 16.8. The molecule has 0 heterocycles. The summed E-state index contributed by atoms with van der Waals surface area (Å²) in [5.74, 6) is 1.31. The molecule has 6 unspecified atom stereocenters. The van der Waals surface area contributed by atoms with Crippen molar-refractivity contribution in [3.63, 3.8) is 0 Å². The van der Waals surface area contributed by atoms with Gasteiger partial charge in [-0.25, -0.2) is 0 Å². The van der Waals surface area contributed by atoms with Crippen LogP contribution in [0.15, 0.2) is 249 Å². The van der Waals surface area contributed by atoms with Crippen LogP contribution in [0.25, 0.3) is 11.1 Å². The molecule has 0 spiro atoms. The summed E-state index contributed by atoms with van der Waals surface area (Å²) < 4.78 is 5.43. The first-order valence-electron chi connectivity index (χ1n) is 23.9. The van der Waals surface area contributed by atoms with Crippen LogP contribution < -0.4 is 10.1 Å². The van der Waals surface area contributed by atoms with E-state index < -0.39 is 0 Å². The van der Waals surface area contributed by atoms with Gasteiger partial charge in [0.05, 0.1) is 7.11 Å². The minimum absolute atomic E-state index is 0. The van der Waals surface area contributed by atoms with E-state index in [2.05, 4.69) is 309 Å². The first kappa shape index (κ1) is 59.1. The third-order valence-corrected chi connectivity index (χ3v) is 12.1. The first-order valence-corrected chi connectivity index (χ1v) is 31.1. The highest BCUT2D eigenvalue weighted by Crippen LogP contribution is 2.30. The lowest BCUT2D eigenvalue weighted by molar-refractivity contribution is 0.260. The summed E-state index contributed by atoms with van der Waals surface area (Å²) in [6.45, 7) is 7.10. The summed E-state index contributed by atoms with van der Waals surface area (Å²) in [4.78, 5) is 2.53. The van der Waals surface area contributed by atoms with Crippen molar-refractivity contribution in [3.05, 3.63) is 293 Å². The molecule has 9 heteroatoms. The number of hydrogen-bond acceptors (Lipinski definition) is 3. The Labute approximate surface area is 441 Å². The zero-order valence-corrected chi connectivity index (χ0v) is 48.6. The van der Waals surface area contributed by atoms with Crippen LogP contribution in [-0.2, 0) is 0 Å². The van der Waals surface area contributed by atoms with E-state index in [9.17, 15) is 0 Å². The van der Waals surface area contributed by atoms with Gasteiger partial charge in [-0.05, 0) is 94.6 Å². The number of methoxy groups -OCH3 is 1. The van der Waals surface area contributed by atoms with E-state index >= 15 is 0 Å². The summed E-state index contributed by atoms with van der Waals surface area (Å²) in [6, 6.07) is 84.0. The van der Waals surface area contributed by atoms with Crippen molar-refractivity contribution in [2.24, 2.45) is 0 Å². The van der Waals surface area contributed by atoms with Gasteiger partial charge in [-0.2, -0.15) is 9.90 Å². The van der Waals surface area contributed by atoms with Gasteiger partial charge in [0.25, 0.3) is 0 Å². The molecule has 0 aliphatic carbocycles. The molecule has 0 saturated heterocycles. The monoisotopic (exact) mass is 1050 g/mol. The maximum Gasteiger partial charge on any atom is 0.118 e. The minimum Gasteiger partial charge on any atom is -0.497 e. The fourth-order valence-electron chi connectivity index (χ4n) is 8.38. The smallest absolute Gasteiger partial charge is 0.118 e. The maximum atomic E-state index is 5.43. The van der Waals surface area contributed by atoms with E-state index in [1.165, 1.54) is 55.7 Å². The van der Waals surface area contributed by atoms with Crippen LogP contribution in [0, 0.1) is 0 Å². The SMILES string of the molecule is CC(NCCC(c1ccccc1)c1ccccc1)c1ccccc1.COc1ccc([C@@H](C)N(CC=C(c2ccccc2)c2ccccc2)CC=C(c2ccccc2)c2ccccc2)cc1.P.PP.PPP. The van der Waals surface area contributed by atoms with Crippen molar-refractivity contribution in [2.75, 3.05) is 26.7 Å². The molecule has 0 radical (unpaired) electrons. The van der Waals surface area contributed by atoms with Crippen LogP contribution in [-0.4, -0.2) is 31.6 Å². The van der Waals surface area contributed by atoms with E-state index in [0.29, 0.717) is 12.0 Å². The Morgan fingerprint density at radius 3 is 1.11 bits per heavy atom. The fraction of sp³-hybridized carbons (Fsp3) is 0.161. The summed E-state index contributed by atoms with van der Waals surface area (Å²) in [5, 5.41) is 3.67. The molecule has 1 N–H and O–H groups in total. The number of ether oxygens (including phenoxy) is 1. The lowest BCUT2D eigenvalue weighted by Crippen LogP contribution is -2.28. The van der Waals surface area contributed by atoms with Crippen molar-refractivity contribution < 1.29 is 4.74 Å². The first-order chi connectivity index (χ1) is 34.5. The van der Waals surface area contributed by atoms with E-state index in [1.54, 1.807) is 7.11 Å². The van der Waals surface area contributed by atoms with Gasteiger partial charge in [0.15, 0.2) is 0 Å². The van der Waals surface area contributed by atoms with Crippen LogP contribution in [0.4, 0.5) is 0 Å². The molecule has 0 aliphatic rings. The number of benzene rings is 8. The number of nitrogens with one attached hydrogen (secondary N) is 1. The van der Waals surface area contributed by atoms with Crippen LogP contribution in [0.1, 0.15) is 82.8 Å². The topological polar surface area (TPSA) is 24.5 Å². The highest BCUT2D eigenvalue weighted by Gasteiger charge is 2.17. The lowest BCUT2D eigenvalue weighted by Gasteiger charge is -2.28. The molecular weight excluding hydrogens is 975 g/mol. The largest absolute Gasteiger partial charge is 0.497 e. The molecule has 7 atom stereocenters. The summed E-state index contributed by atoms with van der Waals surface area (Å²) in [7, 11) is 12.4. The Morgan fingerprint density at radius 1 is 0.479 bits per heavy atom. The molecule has 71 heavy (non-hydrogen) atoms. The third kappa shape index (κ3) is 19.8. The van der Waals surface area contributed by atoms with Crippen molar-refractivity contribution in [3.8, 4) is 5.75 Å². The van der Waals surface area contributed by atoms with E-state index in [-0.39, 0.29) is 15.9 Å². The highest BCUT2D eigenvalue weighted by molar-refractivity contribution is 8.33. The molecule has 3 nitrogen and oxygen atoms in total. The molecule has 0 aromatic heterocycles. The zero-order chi connectivity index (χ0) is 49.6. The molecule has 8 aromatic carbocycles. The van der Waals surface area contributed by atoms with Crippen molar-refractivity contribution in [1.29, 1.82) is 0 Å². The van der Waals surface area contributed by atoms with Gasteiger partial charge in [-0.15, -0.1) is 35.7 Å². The quantitative estimate of drug-likeness (QED) is 0.0867. The van der Waals surface area contributed by atoms with Crippen molar-refractivity contribution in [1.82, 2.24) is 10.2 Å². The third-order valence-electron chi connectivity index (χ3n) is 12.1. The fourth-order valence-corrected chi connectivity index (χ4v) is 8.38. The molecule has 0 saturated carbocycles. The van der Waals surface area contributed by atoms with Gasteiger partial charge in [0.2, 0.25) is 0 Å². The number of nitrogens with zero attached hydrogens (tertiary/aromatic N) is 1. The van der Waals surface area contributed by atoms with Crippen molar-refractivity contribution >= 4 is 64.7 Å². The van der Waals surface area contributed by atoms with Gasteiger partial charge in [0, 0.05) is 31.1 Å². The van der Waals surface area contributed by atoms with Crippen LogP contribution in [0.3, 0.4) is 0 Å². The predicted molar refractivity (Wildman–Crippen MR) is 333 cm³/mol. The highest BCUT2D eigenvalue weighted by atomic mass is 32.4. The van der Waals surface area contributed by atoms with E-state index in [1.807, 2.05) is 0 Å². The molecule has 8 aromatic rings. The van der Waals surface area contributed by atoms with Crippen LogP contribution >= 0.6 is 53.6 Å². The average molecular weight is 1050 g/mol. The average Bonchev–Trinajstić information content (AvgIpc) is 3.44. The van der Waals surface area contributed by atoms with E-state index in [4.69, 9.17) is 4.74 Å². The van der Waals surface area contributed by atoms with Crippen LogP contribution in [0.2, 0.25) is 0 Å². The molecule has 0 fully saturated rings.